The molecule has 2 N–H and O–H groups in total. The van der Waals surface area contributed by atoms with E-state index in [9.17, 15) is 0 Å². The molecule has 0 unspecified atom stereocenters. The summed E-state index contributed by atoms with van der Waals surface area (Å²) in [5.74, 6) is 0.904. The fraction of sp³-hybridized carbons (Fsp3) is 0.0667. The van der Waals surface area contributed by atoms with E-state index in [1.54, 1.807) is 7.11 Å². The van der Waals surface area contributed by atoms with Crippen molar-refractivity contribution in [1.29, 1.82) is 0 Å². The Morgan fingerprint density at radius 3 is 2.59 bits per heavy atom. The van der Waals surface area contributed by atoms with Crippen LogP contribution >= 0.6 is 0 Å². The minimum atomic E-state index is 0.791. The van der Waals surface area contributed by atoms with E-state index in [0.717, 1.165) is 22.2 Å². The number of rotatable bonds is 1. The van der Waals surface area contributed by atoms with Crippen molar-refractivity contribution in [2.75, 3.05) is 12.8 Å². The standard InChI is InChI=1S/C15H13NO/c1-17-15-4-2-3-11-7-12-8-13(16)6-5-10(12)9-14(11)15/h2-9H,16H2,1H3. The van der Waals surface area contributed by atoms with E-state index in [-0.39, 0.29) is 0 Å². The largest absolute Gasteiger partial charge is 0.496 e. The van der Waals surface area contributed by atoms with Gasteiger partial charge in [-0.05, 0) is 46.5 Å². The minimum absolute atomic E-state index is 0.791. The number of hydrogen-bond donors (Lipinski definition) is 1. The fourth-order valence-electron chi connectivity index (χ4n) is 2.19. The predicted octanol–water partition coefficient (Wildman–Crippen LogP) is 3.58. The summed E-state index contributed by atoms with van der Waals surface area (Å²) >= 11 is 0. The molecule has 0 saturated heterocycles. The van der Waals surface area contributed by atoms with Gasteiger partial charge in [0.15, 0.2) is 0 Å². The number of nitrogen functional groups attached to an aromatic ring is 1. The molecule has 84 valence electrons. The Bertz CT molecular complexity index is 704. The summed E-state index contributed by atoms with van der Waals surface area (Å²) in [6.07, 6.45) is 0. The third kappa shape index (κ3) is 1.58. The summed E-state index contributed by atoms with van der Waals surface area (Å²) in [7, 11) is 1.70. The van der Waals surface area contributed by atoms with Crippen LogP contribution in [0.5, 0.6) is 5.75 Å². The molecule has 0 aromatic heterocycles. The van der Waals surface area contributed by atoms with Crippen molar-refractivity contribution >= 4 is 27.2 Å². The van der Waals surface area contributed by atoms with Crippen LogP contribution in [0, 0.1) is 0 Å². The quantitative estimate of drug-likeness (QED) is 0.505. The number of methoxy groups -OCH3 is 1. The first-order chi connectivity index (χ1) is 8.28. The molecular formula is C15H13NO. The van der Waals surface area contributed by atoms with E-state index in [1.807, 2.05) is 30.3 Å². The van der Waals surface area contributed by atoms with E-state index in [2.05, 4.69) is 18.2 Å². The van der Waals surface area contributed by atoms with Gasteiger partial charge in [-0.25, -0.2) is 0 Å². The van der Waals surface area contributed by atoms with Gasteiger partial charge in [-0.1, -0.05) is 18.2 Å². The first-order valence-electron chi connectivity index (χ1n) is 5.54. The van der Waals surface area contributed by atoms with Crippen molar-refractivity contribution in [3.63, 3.8) is 0 Å². The lowest BCUT2D eigenvalue weighted by molar-refractivity contribution is 0.420. The maximum absolute atomic E-state index is 5.80. The second kappa shape index (κ2) is 3.67. The lowest BCUT2D eigenvalue weighted by Gasteiger charge is -2.07. The lowest BCUT2D eigenvalue weighted by atomic mass is 10.0. The molecule has 0 heterocycles. The van der Waals surface area contributed by atoms with Crippen LogP contribution < -0.4 is 10.5 Å². The molecule has 0 aliphatic rings. The third-order valence-electron chi connectivity index (χ3n) is 3.04. The van der Waals surface area contributed by atoms with Crippen molar-refractivity contribution in [1.82, 2.24) is 0 Å². The fourth-order valence-corrected chi connectivity index (χ4v) is 2.19. The van der Waals surface area contributed by atoms with Crippen LogP contribution in [0.15, 0.2) is 48.5 Å². The van der Waals surface area contributed by atoms with E-state index in [1.165, 1.54) is 10.8 Å². The van der Waals surface area contributed by atoms with Crippen LogP contribution in [0.4, 0.5) is 5.69 Å². The highest BCUT2D eigenvalue weighted by Crippen LogP contribution is 2.30. The number of fused-ring (bicyclic) bond motifs is 2. The van der Waals surface area contributed by atoms with Crippen molar-refractivity contribution in [2.45, 2.75) is 0 Å². The Morgan fingerprint density at radius 1 is 0.882 bits per heavy atom. The first kappa shape index (κ1) is 9.97. The van der Waals surface area contributed by atoms with Gasteiger partial charge in [0.2, 0.25) is 0 Å². The summed E-state index contributed by atoms with van der Waals surface area (Å²) < 4.78 is 5.38. The highest BCUT2D eigenvalue weighted by Gasteiger charge is 2.03. The first-order valence-corrected chi connectivity index (χ1v) is 5.54. The summed E-state index contributed by atoms with van der Waals surface area (Å²) in [6.45, 7) is 0. The van der Waals surface area contributed by atoms with Gasteiger partial charge in [-0.3, -0.25) is 0 Å². The molecule has 2 heteroatoms. The highest BCUT2D eigenvalue weighted by atomic mass is 16.5. The highest BCUT2D eigenvalue weighted by molar-refractivity contribution is 6.01. The molecule has 0 aliphatic heterocycles. The van der Waals surface area contributed by atoms with Gasteiger partial charge in [0, 0.05) is 11.1 Å². The molecule has 17 heavy (non-hydrogen) atoms. The topological polar surface area (TPSA) is 35.2 Å². The molecule has 3 rings (SSSR count). The van der Waals surface area contributed by atoms with Gasteiger partial charge in [0.25, 0.3) is 0 Å². The maximum atomic E-state index is 5.80. The average molecular weight is 223 g/mol. The van der Waals surface area contributed by atoms with Crippen LogP contribution in [0.25, 0.3) is 21.5 Å². The molecule has 3 aromatic rings. The lowest BCUT2D eigenvalue weighted by Crippen LogP contribution is -1.86. The van der Waals surface area contributed by atoms with Gasteiger partial charge in [-0.2, -0.15) is 0 Å². The van der Waals surface area contributed by atoms with Crippen LogP contribution in [-0.4, -0.2) is 7.11 Å². The van der Waals surface area contributed by atoms with Crippen molar-refractivity contribution < 1.29 is 4.74 Å². The summed E-state index contributed by atoms with van der Waals surface area (Å²) in [5, 5.41) is 4.64. The molecule has 0 saturated carbocycles. The van der Waals surface area contributed by atoms with Crippen LogP contribution in [0.2, 0.25) is 0 Å². The minimum Gasteiger partial charge on any atom is -0.496 e. The van der Waals surface area contributed by atoms with Gasteiger partial charge in [-0.15, -0.1) is 0 Å². The molecule has 3 aromatic carbocycles. The molecule has 0 amide bonds. The molecule has 0 spiro atoms. The van der Waals surface area contributed by atoms with Gasteiger partial charge in [0.1, 0.15) is 5.75 Å². The monoisotopic (exact) mass is 223 g/mol. The number of ether oxygens (including phenoxy) is 1. The molecule has 0 aliphatic carbocycles. The zero-order valence-corrected chi connectivity index (χ0v) is 9.60. The molecule has 2 nitrogen and oxygen atoms in total. The van der Waals surface area contributed by atoms with E-state index >= 15 is 0 Å². The van der Waals surface area contributed by atoms with Crippen molar-refractivity contribution in [2.24, 2.45) is 0 Å². The number of nitrogens with two attached hydrogens (primary N) is 1. The number of anilines is 1. The zero-order chi connectivity index (χ0) is 11.8. The predicted molar refractivity (Wildman–Crippen MR) is 72.4 cm³/mol. The Labute approximate surface area is 99.6 Å². The van der Waals surface area contributed by atoms with Gasteiger partial charge < -0.3 is 10.5 Å². The number of benzene rings is 3. The normalized spacial score (nSPS) is 10.9. The van der Waals surface area contributed by atoms with Crippen molar-refractivity contribution in [3.8, 4) is 5.75 Å². The smallest absolute Gasteiger partial charge is 0.126 e. The van der Waals surface area contributed by atoms with Crippen LogP contribution in [0.1, 0.15) is 0 Å². The molecule has 0 fully saturated rings. The Kier molecular flexibility index (Phi) is 2.15. The molecular weight excluding hydrogens is 210 g/mol. The SMILES string of the molecule is COc1cccc2cc3cc(N)ccc3cc12. The third-order valence-corrected chi connectivity index (χ3v) is 3.04. The van der Waals surface area contributed by atoms with Crippen LogP contribution in [0.3, 0.4) is 0 Å². The maximum Gasteiger partial charge on any atom is 0.126 e. The van der Waals surface area contributed by atoms with Gasteiger partial charge >= 0.3 is 0 Å². The van der Waals surface area contributed by atoms with Crippen LogP contribution in [-0.2, 0) is 0 Å². The second-order valence-corrected chi connectivity index (χ2v) is 4.14. The van der Waals surface area contributed by atoms with E-state index in [0.29, 0.717) is 0 Å². The Hall–Kier alpha value is -2.22. The number of hydrogen-bond acceptors (Lipinski definition) is 2. The zero-order valence-electron chi connectivity index (χ0n) is 9.60. The molecule has 0 atom stereocenters. The summed E-state index contributed by atoms with van der Waals surface area (Å²) in [4.78, 5) is 0. The summed E-state index contributed by atoms with van der Waals surface area (Å²) in [6, 6.07) is 16.3. The van der Waals surface area contributed by atoms with Gasteiger partial charge in [0.05, 0.1) is 7.11 Å². The van der Waals surface area contributed by atoms with E-state index in [4.69, 9.17) is 10.5 Å². The molecule has 0 radical (unpaired) electrons. The summed E-state index contributed by atoms with van der Waals surface area (Å²) in [5.41, 5.74) is 6.59. The van der Waals surface area contributed by atoms with Crippen molar-refractivity contribution in [3.05, 3.63) is 48.5 Å². The Balaban J connectivity index is 2.43. The molecule has 0 bridgehead atoms. The van der Waals surface area contributed by atoms with E-state index < -0.39 is 0 Å². The average Bonchev–Trinajstić information content (AvgIpc) is 2.35. The Morgan fingerprint density at radius 2 is 1.76 bits per heavy atom. The second-order valence-electron chi connectivity index (χ2n) is 4.14.